The van der Waals surface area contributed by atoms with Gasteiger partial charge in [-0.3, -0.25) is 0 Å². The Balaban J connectivity index is 2.47. The predicted molar refractivity (Wildman–Crippen MR) is 77.5 cm³/mol. The van der Waals surface area contributed by atoms with Gasteiger partial charge < -0.3 is 16.3 Å². The summed E-state index contributed by atoms with van der Waals surface area (Å²) in [6, 6.07) is 7.70. The largest absolute Gasteiger partial charge is 0.494 e. The number of ether oxygens (including phenoxy) is 1. The van der Waals surface area contributed by atoms with Gasteiger partial charge in [-0.25, -0.2) is 9.66 Å². The van der Waals surface area contributed by atoms with E-state index in [4.69, 9.17) is 16.3 Å². The Kier molecular flexibility index (Phi) is 3.64. The van der Waals surface area contributed by atoms with E-state index in [1.807, 2.05) is 45.0 Å². The Bertz CT molecular complexity index is 575. The summed E-state index contributed by atoms with van der Waals surface area (Å²) < 4.78 is 6.94. The summed E-state index contributed by atoms with van der Waals surface area (Å²) in [5.74, 6) is 8.20. The Hall–Kier alpha value is -2.17. The summed E-state index contributed by atoms with van der Waals surface area (Å²) in [6.07, 6.45) is 0. The van der Waals surface area contributed by atoms with Crippen molar-refractivity contribution in [2.45, 2.75) is 26.7 Å². The zero-order chi connectivity index (χ0) is 14.0. The molecule has 0 bridgehead atoms. The van der Waals surface area contributed by atoms with Gasteiger partial charge >= 0.3 is 0 Å². The van der Waals surface area contributed by atoms with Gasteiger partial charge in [0.05, 0.1) is 6.61 Å². The van der Waals surface area contributed by atoms with Gasteiger partial charge in [0, 0.05) is 11.5 Å². The minimum atomic E-state index is 0.219. The van der Waals surface area contributed by atoms with Gasteiger partial charge in [-0.2, -0.15) is 0 Å². The van der Waals surface area contributed by atoms with Crippen molar-refractivity contribution in [3.63, 3.8) is 0 Å². The van der Waals surface area contributed by atoms with Crippen molar-refractivity contribution >= 4 is 5.82 Å². The van der Waals surface area contributed by atoms with Crippen LogP contribution in [0.1, 0.15) is 32.5 Å². The number of nitrogens with zero attached hydrogens (tertiary/aromatic N) is 2. The third-order valence-corrected chi connectivity index (χ3v) is 2.91. The van der Waals surface area contributed by atoms with Crippen LogP contribution in [0.4, 0.5) is 5.82 Å². The number of benzene rings is 1. The van der Waals surface area contributed by atoms with Crippen molar-refractivity contribution in [2.24, 2.45) is 0 Å². The monoisotopic (exact) mass is 260 g/mol. The minimum Gasteiger partial charge on any atom is -0.494 e. The lowest BCUT2D eigenvalue weighted by Crippen LogP contribution is -2.16. The second kappa shape index (κ2) is 5.22. The van der Waals surface area contributed by atoms with Gasteiger partial charge in [-0.1, -0.05) is 26.0 Å². The van der Waals surface area contributed by atoms with Gasteiger partial charge in [0.2, 0.25) is 0 Å². The highest BCUT2D eigenvalue weighted by Crippen LogP contribution is 2.29. The zero-order valence-electron chi connectivity index (χ0n) is 11.6. The van der Waals surface area contributed by atoms with E-state index in [0.717, 1.165) is 17.1 Å². The van der Waals surface area contributed by atoms with Crippen LogP contribution in [0.15, 0.2) is 24.3 Å². The lowest BCUT2D eigenvalue weighted by molar-refractivity contribution is 0.340. The second-order valence-electron chi connectivity index (χ2n) is 4.69. The van der Waals surface area contributed by atoms with Crippen molar-refractivity contribution in [3.8, 4) is 17.0 Å². The Morgan fingerprint density at radius 1 is 1.37 bits per heavy atom. The minimum absolute atomic E-state index is 0.219. The number of hydrogen-bond acceptors (Lipinski definition) is 4. The number of nitrogens with two attached hydrogens (primary N) is 2. The summed E-state index contributed by atoms with van der Waals surface area (Å²) in [5, 5.41) is 0. The lowest BCUT2D eigenvalue weighted by atomic mass is 10.1. The molecule has 5 nitrogen and oxygen atoms in total. The first-order valence-corrected chi connectivity index (χ1v) is 6.41. The highest BCUT2D eigenvalue weighted by molar-refractivity contribution is 5.72. The van der Waals surface area contributed by atoms with Crippen LogP contribution in [0.3, 0.4) is 0 Å². The normalized spacial score (nSPS) is 10.9. The molecule has 0 atom stereocenters. The molecule has 102 valence electrons. The fourth-order valence-electron chi connectivity index (χ4n) is 1.98. The van der Waals surface area contributed by atoms with Crippen molar-refractivity contribution in [2.75, 3.05) is 18.2 Å². The highest BCUT2D eigenvalue weighted by Gasteiger charge is 2.16. The maximum Gasteiger partial charge on any atom is 0.150 e. The van der Waals surface area contributed by atoms with Gasteiger partial charge in [0.25, 0.3) is 0 Å². The first kappa shape index (κ1) is 13.3. The fraction of sp³-hybridized carbons (Fsp3) is 0.357. The number of aromatic nitrogens is 2. The molecule has 0 fully saturated rings. The summed E-state index contributed by atoms with van der Waals surface area (Å²) in [4.78, 5) is 4.54. The Morgan fingerprint density at radius 3 is 2.68 bits per heavy atom. The average Bonchev–Trinajstić information content (AvgIpc) is 2.67. The van der Waals surface area contributed by atoms with E-state index in [1.54, 1.807) is 0 Å². The molecule has 0 spiro atoms. The van der Waals surface area contributed by atoms with Crippen LogP contribution in [-0.4, -0.2) is 16.3 Å². The van der Waals surface area contributed by atoms with E-state index >= 15 is 0 Å². The van der Waals surface area contributed by atoms with Gasteiger partial charge in [-0.15, -0.1) is 0 Å². The van der Waals surface area contributed by atoms with Crippen molar-refractivity contribution in [3.05, 3.63) is 30.1 Å². The molecule has 0 aliphatic rings. The van der Waals surface area contributed by atoms with Crippen LogP contribution in [0.5, 0.6) is 5.75 Å². The lowest BCUT2D eigenvalue weighted by Gasteiger charge is -2.05. The second-order valence-corrected chi connectivity index (χ2v) is 4.69. The van der Waals surface area contributed by atoms with Crippen molar-refractivity contribution in [1.82, 2.24) is 9.66 Å². The highest BCUT2D eigenvalue weighted by atomic mass is 16.5. The molecule has 19 heavy (non-hydrogen) atoms. The molecule has 2 rings (SSSR count). The molecule has 0 radical (unpaired) electrons. The van der Waals surface area contributed by atoms with E-state index in [2.05, 4.69) is 4.98 Å². The van der Waals surface area contributed by atoms with Crippen LogP contribution in [0.25, 0.3) is 11.3 Å². The first-order chi connectivity index (χ1) is 9.04. The van der Waals surface area contributed by atoms with Gasteiger partial charge in [-0.05, 0) is 19.1 Å². The van der Waals surface area contributed by atoms with E-state index in [1.165, 1.54) is 4.68 Å². The molecule has 0 unspecified atom stereocenters. The molecule has 0 amide bonds. The first-order valence-electron chi connectivity index (χ1n) is 6.41. The quantitative estimate of drug-likeness (QED) is 0.827. The zero-order valence-corrected chi connectivity index (χ0v) is 11.6. The van der Waals surface area contributed by atoms with Crippen LogP contribution in [-0.2, 0) is 0 Å². The molecule has 2 aromatic rings. The average molecular weight is 260 g/mol. The van der Waals surface area contributed by atoms with E-state index in [-0.39, 0.29) is 5.92 Å². The number of rotatable bonds is 4. The SMILES string of the molecule is CCOc1cccc(-c2nc(C(C)C)n(N)c2N)c1. The summed E-state index contributed by atoms with van der Waals surface area (Å²) in [6.45, 7) is 6.64. The van der Waals surface area contributed by atoms with Crippen LogP contribution < -0.4 is 16.3 Å². The van der Waals surface area contributed by atoms with E-state index < -0.39 is 0 Å². The predicted octanol–water partition coefficient (Wildman–Crippen LogP) is 2.37. The maximum absolute atomic E-state index is 6.03. The molecule has 1 aromatic carbocycles. The van der Waals surface area contributed by atoms with Crippen LogP contribution >= 0.6 is 0 Å². The molecular weight excluding hydrogens is 240 g/mol. The Labute approximate surface area is 113 Å². The van der Waals surface area contributed by atoms with Crippen LogP contribution in [0, 0.1) is 0 Å². The molecule has 0 aliphatic carbocycles. The topological polar surface area (TPSA) is 79.1 Å². The summed E-state index contributed by atoms with van der Waals surface area (Å²) >= 11 is 0. The fourth-order valence-corrected chi connectivity index (χ4v) is 1.98. The van der Waals surface area contributed by atoms with Gasteiger partial charge in [0.15, 0.2) is 5.82 Å². The molecule has 0 aliphatic heterocycles. The molecule has 0 saturated heterocycles. The smallest absolute Gasteiger partial charge is 0.150 e. The third kappa shape index (κ3) is 2.50. The van der Waals surface area contributed by atoms with Crippen molar-refractivity contribution in [1.29, 1.82) is 0 Å². The van der Waals surface area contributed by atoms with Crippen LogP contribution in [0.2, 0.25) is 0 Å². The maximum atomic E-state index is 6.03. The molecule has 5 heteroatoms. The standard InChI is InChI=1S/C14H20N4O/c1-4-19-11-7-5-6-10(8-11)12-13(15)18(16)14(17-12)9(2)3/h5-9H,4,15-16H2,1-3H3. The molecule has 4 N–H and O–H groups in total. The molecule has 1 aromatic heterocycles. The van der Waals surface area contributed by atoms with Crippen molar-refractivity contribution < 1.29 is 4.74 Å². The third-order valence-electron chi connectivity index (χ3n) is 2.91. The Morgan fingerprint density at radius 2 is 2.11 bits per heavy atom. The summed E-state index contributed by atoms with van der Waals surface area (Å²) in [7, 11) is 0. The molecular formula is C14H20N4O. The number of hydrogen-bond donors (Lipinski definition) is 2. The summed E-state index contributed by atoms with van der Waals surface area (Å²) in [5.41, 5.74) is 7.65. The van der Waals surface area contributed by atoms with E-state index in [9.17, 15) is 0 Å². The van der Waals surface area contributed by atoms with E-state index in [0.29, 0.717) is 18.1 Å². The molecule has 0 saturated carbocycles. The number of anilines is 1. The molecule has 1 heterocycles. The van der Waals surface area contributed by atoms with Gasteiger partial charge in [0.1, 0.15) is 17.3 Å². The number of nitrogen functional groups attached to an aromatic ring is 2. The number of imidazole rings is 1.